The van der Waals surface area contributed by atoms with Crippen LogP contribution >= 0.6 is 0 Å². The summed E-state index contributed by atoms with van der Waals surface area (Å²) in [6.45, 7) is 8.71. The van der Waals surface area contributed by atoms with E-state index in [4.69, 9.17) is 5.11 Å². The van der Waals surface area contributed by atoms with Crippen LogP contribution in [0.5, 0.6) is 0 Å². The Labute approximate surface area is 125 Å². The fourth-order valence-electron chi connectivity index (χ4n) is 2.53. The monoisotopic (exact) mass is 293 g/mol. The van der Waals surface area contributed by atoms with Crippen LogP contribution in [0.25, 0.3) is 0 Å². The maximum Gasteiger partial charge on any atom is 0.320 e. The molecule has 0 spiro atoms. The van der Waals surface area contributed by atoms with Crippen molar-refractivity contribution in [1.29, 1.82) is 0 Å². The molecule has 1 atom stereocenters. The summed E-state index contributed by atoms with van der Waals surface area (Å²) in [4.78, 5) is 19.7. The Morgan fingerprint density at radius 2 is 1.76 bits per heavy atom. The molecule has 7 nitrogen and oxygen atoms in total. The van der Waals surface area contributed by atoms with Gasteiger partial charge in [0, 0.05) is 26.2 Å². The molecule has 1 fully saturated rings. The molecule has 1 aromatic heterocycles. The van der Waals surface area contributed by atoms with E-state index in [-0.39, 0.29) is 0 Å². The highest BCUT2D eigenvalue weighted by Gasteiger charge is 2.26. The SMILES string of the molecule is CCc1nnc(N2CCN(C(C)C(=O)O)CC2)nc1CC. The molecule has 0 aliphatic carbocycles. The van der Waals surface area contributed by atoms with Crippen molar-refractivity contribution < 1.29 is 9.90 Å². The van der Waals surface area contributed by atoms with Crippen LogP contribution in [0.15, 0.2) is 0 Å². The Morgan fingerprint density at radius 1 is 1.14 bits per heavy atom. The Balaban J connectivity index is 2.04. The number of carboxylic acid groups (broad SMARTS) is 1. The van der Waals surface area contributed by atoms with Gasteiger partial charge < -0.3 is 10.0 Å². The number of rotatable bonds is 5. The molecular formula is C14H23N5O2. The first kappa shape index (κ1) is 15.6. The van der Waals surface area contributed by atoms with Crippen molar-refractivity contribution in [2.45, 2.75) is 39.7 Å². The highest BCUT2D eigenvalue weighted by Crippen LogP contribution is 2.14. The summed E-state index contributed by atoms with van der Waals surface area (Å²) in [5.74, 6) is -0.117. The second-order valence-electron chi connectivity index (χ2n) is 5.25. The van der Waals surface area contributed by atoms with E-state index < -0.39 is 12.0 Å². The fraction of sp³-hybridized carbons (Fsp3) is 0.714. The molecule has 0 amide bonds. The van der Waals surface area contributed by atoms with Gasteiger partial charge in [0.25, 0.3) is 0 Å². The van der Waals surface area contributed by atoms with E-state index in [0.717, 1.165) is 37.3 Å². The summed E-state index contributed by atoms with van der Waals surface area (Å²) >= 11 is 0. The average molecular weight is 293 g/mol. The van der Waals surface area contributed by atoms with E-state index in [9.17, 15) is 4.79 Å². The highest BCUT2D eigenvalue weighted by molar-refractivity contribution is 5.72. The predicted octanol–water partition coefficient (Wildman–Crippen LogP) is 0.592. The quantitative estimate of drug-likeness (QED) is 0.850. The number of nitrogens with zero attached hydrogens (tertiary/aromatic N) is 5. The molecule has 2 heterocycles. The van der Waals surface area contributed by atoms with Gasteiger partial charge in [0.05, 0.1) is 11.4 Å². The second-order valence-corrected chi connectivity index (χ2v) is 5.25. The number of carbonyl (C=O) groups is 1. The van der Waals surface area contributed by atoms with Crippen molar-refractivity contribution in [2.75, 3.05) is 31.1 Å². The van der Waals surface area contributed by atoms with E-state index >= 15 is 0 Å². The molecule has 1 unspecified atom stereocenters. The lowest BCUT2D eigenvalue weighted by atomic mass is 10.2. The molecule has 1 aliphatic rings. The number of aliphatic carboxylic acids is 1. The Kier molecular flexibility index (Phi) is 5.06. The first-order valence-electron chi connectivity index (χ1n) is 7.51. The highest BCUT2D eigenvalue weighted by atomic mass is 16.4. The minimum absolute atomic E-state index is 0.445. The number of piperazine rings is 1. The number of aromatic nitrogens is 3. The van der Waals surface area contributed by atoms with Crippen LogP contribution in [0.2, 0.25) is 0 Å². The fourth-order valence-corrected chi connectivity index (χ4v) is 2.53. The number of hydrogen-bond acceptors (Lipinski definition) is 6. The molecule has 1 aliphatic heterocycles. The summed E-state index contributed by atoms with van der Waals surface area (Å²) in [5, 5.41) is 17.5. The number of carboxylic acids is 1. The summed E-state index contributed by atoms with van der Waals surface area (Å²) in [6.07, 6.45) is 1.69. The molecule has 1 saturated heterocycles. The molecule has 21 heavy (non-hydrogen) atoms. The van der Waals surface area contributed by atoms with Crippen molar-refractivity contribution in [2.24, 2.45) is 0 Å². The molecule has 2 rings (SSSR count). The lowest BCUT2D eigenvalue weighted by Crippen LogP contribution is -2.52. The van der Waals surface area contributed by atoms with Crippen molar-refractivity contribution in [3.8, 4) is 0 Å². The summed E-state index contributed by atoms with van der Waals surface area (Å²) in [5.41, 5.74) is 1.96. The van der Waals surface area contributed by atoms with E-state index in [1.54, 1.807) is 6.92 Å². The van der Waals surface area contributed by atoms with Crippen molar-refractivity contribution >= 4 is 11.9 Å². The molecule has 1 N–H and O–H groups in total. The Hall–Kier alpha value is -1.76. The zero-order valence-electron chi connectivity index (χ0n) is 12.9. The third-order valence-corrected chi connectivity index (χ3v) is 4.00. The Morgan fingerprint density at radius 3 is 2.29 bits per heavy atom. The van der Waals surface area contributed by atoms with E-state index in [1.807, 2.05) is 4.90 Å². The molecular weight excluding hydrogens is 270 g/mol. The topological polar surface area (TPSA) is 82.5 Å². The molecule has 0 aromatic carbocycles. The van der Waals surface area contributed by atoms with Crippen LogP contribution in [0, 0.1) is 0 Å². The van der Waals surface area contributed by atoms with Gasteiger partial charge in [0.15, 0.2) is 0 Å². The molecule has 1 aromatic rings. The van der Waals surface area contributed by atoms with Gasteiger partial charge in [0.2, 0.25) is 5.95 Å². The van der Waals surface area contributed by atoms with E-state index in [1.165, 1.54) is 0 Å². The first-order chi connectivity index (χ1) is 10.1. The van der Waals surface area contributed by atoms with Crippen molar-refractivity contribution in [3.05, 3.63) is 11.4 Å². The smallest absolute Gasteiger partial charge is 0.320 e. The lowest BCUT2D eigenvalue weighted by Gasteiger charge is -2.36. The summed E-state index contributed by atoms with van der Waals surface area (Å²) in [7, 11) is 0. The standard InChI is InChI=1S/C14H23N5O2/c1-4-11-12(5-2)16-17-14(15-11)19-8-6-18(7-9-19)10(3)13(20)21/h10H,4-9H2,1-3H3,(H,20,21). The van der Waals surface area contributed by atoms with Gasteiger partial charge in [-0.25, -0.2) is 4.98 Å². The van der Waals surface area contributed by atoms with E-state index in [2.05, 4.69) is 33.9 Å². The third kappa shape index (κ3) is 3.47. The largest absolute Gasteiger partial charge is 0.480 e. The van der Waals surface area contributed by atoms with Crippen LogP contribution in [0.1, 0.15) is 32.2 Å². The minimum Gasteiger partial charge on any atom is -0.480 e. The van der Waals surface area contributed by atoms with Crippen LogP contribution < -0.4 is 4.90 Å². The molecule has 0 radical (unpaired) electrons. The van der Waals surface area contributed by atoms with Gasteiger partial charge in [0.1, 0.15) is 6.04 Å². The summed E-state index contributed by atoms with van der Waals surface area (Å²) < 4.78 is 0. The van der Waals surface area contributed by atoms with E-state index in [0.29, 0.717) is 19.0 Å². The Bertz CT molecular complexity index is 500. The maximum atomic E-state index is 11.0. The van der Waals surface area contributed by atoms with Crippen LogP contribution in [0.4, 0.5) is 5.95 Å². The molecule has 0 bridgehead atoms. The normalized spacial score (nSPS) is 17.8. The van der Waals surface area contributed by atoms with Crippen LogP contribution in [0.3, 0.4) is 0 Å². The number of hydrogen-bond donors (Lipinski definition) is 1. The third-order valence-electron chi connectivity index (χ3n) is 4.00. The first-order valence-corrected chi connectivity index (χ1v) is 7.51. The number of aryl methyl sites for hydroxylation is 2. The van der Waals surface area contributed by atoms with Crippen LogP contribution in [-0.4, -0.2) is 63.4 Å². The zero-order chi connectivity index (χ0) is 15.4. The van der Waals surface area contributed by atoms with Crippen molar-refractivity contribution in [1.82, 2.24) is 20.1 Å². The molecule has 7 heteroatoms. The van der Waals surface area contributed by atoms with Gasteiger partial charge in [-0.3, -0.25) is 9.69 Å². The van der Waals surface area contributed by atoms with Gasteiger partial charge in [-0.2, -0.15) is 5.10 Å². The molecule has 116 valence electrons. The van der Waals surface area contributed by atoms with Gasteiger partial charge >= 0.3 is 5.97 Å². The zero-order valence-corrected chi connectivity index (χ0v) is 12.9. The summed E-state index contributed by atoms with van der Waals surface area (Å²) in [6, 6.07) is -0.445. The van der Waals surface area contributed by atoms with Crippen molar-refractivity contribution in [3.63, 3.8) is 0 Å². The lowest BCUT2D eigenvalue weighted by molar-refractivity contribution is -0.142. The maximum absolute atomic E-state index is 11.0. The average Bonchev–Trinajstić information content (AvgIpc) is 2.53. The predicted molar refractivity (Wildman–Crippen MR) is 79.5 cm³/mol. The van der Waals surface area contributed by atoms with Gasteiger partial charge in [-0.05, 0) is 19.8 Å². The molecule has 0 saturated carbocycles. The van der Waals surface area contributed by atoms with Gasteiger partial charge in [-0.1, -0.05) is 13.8 Å². The number of anilines is 1. The second kappa shape index (κ2) is 6.80. The minimum atomic E-state index is -0.776. The van der Waals surface area contributed by atoms with Gasteiger partial charge in [-0.15, -0.1) is 5.10 Å². The van der Waals surface area contributed by atoms with Crippen LogP contribution in [-0.2, 0) is 17.6 Å².